The Kier molecular flexibility index (Phi) is 3.99. The van der Waals surface area contributed by atoms with Crippen LogP contribution in [-0.4, -0.2) is 16.8 Å². The Morgan fingerprint density at radius 3 is 2.50 bits per heavy atom. The summed E-state index contributed by atoms with van der Waals surface area (Å²) < 4.78 is 0.768. The number of aromatic hydroxyl groups is 1. The summed E-state index contributed by atoms with van der Waals surface area (Å²) in [5.41, 5.74) is 7.06. The number of aliphatic hydroxyl groups is 1. The highest BCUT2D eigenvalue weighted by molar-refractivity contribution is 9.10. The Bertz CT molecular complexity index is 391. The average Bonchev–Trinajstić information content (AvgIpc) is 2.24. The number of hydrogen-bond acceptors (Lipinski definition) is 3. The fourth-order valence-corrected chi connectivity index (χ4v) is 2.04. The van der Waals surface area contributed by atoms with Crippen molar-refractivity contribution in [1.29, 1.82) is 0 Å². The zero-order chi connectivity index (χ0) is 12.5. The first-order valence-corrected chi connectivity index (χ1v) is 5.95. The van der Waals surface area contributed by atoms with E-state index in [1.165, 1.54) is 0 Å². The first-order valence-electron chi connectivity index (χ1n) is 5.15. The second-order valence-electron chi connectivity index (χ2n) is 4.75. The number of benzene rings is 1. The van der Waals surface area contributed by atoms with E-state index in [0.29, 0.717) is 5.56 Å². The summed E-state index contributed by atoms with van der Waals surface area (Å²) in [6, 6.07) is 3.26. The molecular formula is C12H18BrNO2. The molecule has 4 heteroatoms. The fourth-order valence-electron chi connectivity index (χ4n) is 1.48. The maximum atomic E-state index is 10.0. The Morgan fingerprint density at radius 2 is 2.00 bits per heavy atom. The molecule has 0 bridgehead atoms. The normalized spacial score (nSPS) is 13.9. The molecule has 0 aliphatic carbocycles. The van der Waals surface area contributed by atoms with Crippen LogP contribution < -0.4 is 5.73 Å². The van der Waals surface area contributed by atoms with E-state index in [-0.39, 0.29) is 12.4 Å². The molecule has 1 rings (SSSR count). The molecule has 1 atom stereocenters. The van der Waals surface area contributed by atoms with Crippen LogP contribution in [0.15, 0.2) is 16.6 Å². The number of hydrogen-bond donors (Lipinski definition) is 3. The second kappa shape index (κ2) is 4.73. The highest BCUT2D eigenvalue weighted by Gasteiger charge is 2.30. The van der Waals surface area contributed by atoms with Gasteiger partial charge in [0, 0.05) is 28.1 Å². The molecule has 3 nitrogen and oxygen atoms in total. The van der Waals surface area contributed by atoms with Gasteiger partial charge in [0.1, 0.15) is 5.75 Å². The van der Waals surface area contributed by atoms with Gasteiger partial charge in [-0.25, -0.2) is 0 Å². The maximum Gasteiger partial charge on any atom is 0.124 e. The molecule has 0 amide bonds. The number of aryl methyl sites for hydroxylation is 1. The van der Waals surface area contributed by atoms with Gasteiger partial charge in [-0.05, 0) is 18.6 Å². The van der Waals surface area contributed by atoms with E-state index in [9.17, 15) is 10.2 Å². The first kappa shape index (κ1) is 13.5. The van der Waals surface area contributed by atoms with Crippen molar-refractivity contribution in [1.82, 2.24) is 0 Å². The monoisotopic (exact) mass is 287 g/mol. The van der Waals surface area contributed by atoms with Gasteiger partial charge in [0.2, 0.25) is 0 Å². The van der Waals surface area contributed by atoms with Crippen LogP contribution in [0, 0.1) is 12.3 Å². The molecule has 16 heavy (non-hydrogen) atoms. The minimum absolute atomic E-state index is 0.0337. The van der Waals surface area contributed by atoms with Crippen molar-refractivity contribution in [3.05, 3.63) is 27.7 Å². The van der Waals surface area contributed by atoms with E-state index in [0.717, 1.165) is 10.0 Å². The van der Waals surface area contributed by atoms with E-state index < -0.39 is 11.5 Å². The second-order valence-corrected chi connectivity index (χ2v) is 5.61. The highest BCUT2D eigenvalue weighted by Crippen LogP contribution is 2.40. The van der Waals surface area contributed by atoms with E-state index in [1.807, 2.05) is 32.9 Å². The summed E-state index contributed by atoms with van der Waals surface area (Å²) in [5.74, 6) is 0.198. The van der Waals surface area contributed by atoms with Crippen LogP contribution in [0.5, 0.6) is 5.75 Å². The Balaban J connectivity index is 3.28. The third kappa shape index (κ3) is 2.39. The van der Waals surface area contributed by atoms with E-state index in [2.05, 4.69) is 15.9 Å². The zero-order valence-electron chi connectivity index (χ0n) is 9.79. The minimum atomic E-state index is -0.478. The highest BCUT2D eigenvalue weighted by atomic mass is 79.9. The maximum absolute atomic E-state index is 10.0. The van der Waals surface area contributed by atoms with Gasteiger partial charge in [-0.15, -0.1) is 0 Å². The summed E-state index contributed by atoms with van der Waals surface area (Å²) >= 11 is 3.38. The van der Waals surface area contributed by atoms with Gasteiger partial charge in [0.25, 0.3) is 0 Å². The van der Waals surface area contributed by atoms with Crippen LogP contribution in [0.4, 0.5) is 0 Å². The van der Waals surface area contributed by atoms with Crippen molar-refractivity contribution in [2.45, 2.75) is 26.8 Å². The van der Waals surface area contributed by atoms with Crippen molar-refractivity contribution in [3.63, 3.8) is 0 Å². The lowest BCUT2D eigenvalue weighted by Gasteiger charge is -2.31. The number of halogens is 1. The van der Waals surface area contributed by atoms with Gasteiger partial charge in [-0.2, -0.15) is 0 Å². The molecular weight excluding hydrogens is 270 g/mol. The van der Waals surface area contributed by atoms with Crippen molar-refractivity contribution in [2.24, 2.45) is 11.1 Å². The predicted octanol–water partition coefficient (Wildman–Crippen LogP) is 2.48. The molecule has 0 saturated carbocycles. The minimum Gasteiger partial charge on any atom is -0.507 e. The molecule has 1 aromatic rings. The Hall–Kier alpha value is -0.580. The fraction of sp³-hybridized carbons (Fsp3) is 0.500. The van der Waals surface area contributed by atoms with Crippen molar-refractivity contribution in [2.75, 3.05) is 6.61 Å². The average molecular weight is 288 g/mol. The van der Waals surface area contributed by atoms with E-state index in [1.54, 1.807) is 0 Å². The largest absolute Gasteiger partial charge is 0.507 e. The quantitative estimate of drug-likeness (QED) is 0.800. The van der Waals surface area contributed by atoms with Crippen LogP contribution in [0.25, 0.3) is 0 Å². The predicted molar refractivity (Wildman–Crippen MR) is 68.3 cm³/mol. The van der Waals surface area contributed by atoms with E-state index in [4.69, 9.17) is 5.73 Å². The molecule has 0 aromatic heterocycles. The molecule has 0 heterocycles. The molecule has 1 aromatic carbocycles. The molecule has 4 N–H and O–H groups in total. The lowest BCUT2D eigenvalue weighted by molar-refractivity contribution is 0.131. The number of aliphatic hydroxyl groups excluding tert-OH is 1. The number of phenols is 1. The smallest absolute Gasteiger partial charge is 0.124 e. The number of rotatable bonds is 3. The molecule has 90 valence electrons. The zero-order valence-corrected chi connectivity index (χ0v) is 11.4. The summed E-state index contributed by atoms with van der Waals surface area (Å²) in [6.45, 7) is 5.52. The molecule has 0 spiro atoms. The molecule has 0 fully saturated rings. The van der Waals surface area contributed by atoms with Crippen LogP contribution in [-0.2, 0) is 0 Å². The Morgan fingerprint density at radius 1 is 1.44 bits per heavy atom. The summed E-state index contributed by atoms with van der Waals surface area (Å²) in [6.07, 6.45) is 0. The summed E-state index contributed by atoms with van der Waals surface area (Å²) in [7, 11) is 0. The van der Waals surface area contributed by atoms with Crippen LogP contribution in [0.1, 0.15) is 31.0 Å². The third-order valence-corrected chi connectivity index (χ3v) is 3.62. The first-order chi connectivity index (χ1) is 7.31. The van der Waals surface area contributed by atoms with Crippen LogP contribution >= 0.6 is 15.9 Å². The van der Waals surface area contributed by atoms with E-state index >= 15 is 0 Å². The van der Waals surface area contributed by atoms with Crippen molar-refractivity contribution < 1.29 is 10.2 Å². The van der Waals surface area contributed by atoms with Crippen LogP contribution in [0.2, 0.25) is 0 Å². The number of nitrogens with two attached hydrogens (primary N) is 1. The SMILES string of the molecule is Cc1ccc(Br)c([C@H](N)C(C)(C)CO)c1O. The van der Waals surface area contributed by atoms with Gasteiger partial charge in [-0.1, -0.05) is 35.8 Å². The van der Waals surface area contributed by atoms with Crippen molar-refractivity contribution >= 4 is 15.9 Å². The van der Waals surface area contributed by atoms with Crippen molar-refractivity contribution in [3.8, 4) is 5.75 Å². The summed E-state index contributed by atoms with van der Waals surface area (Å²) in [4.78, 5) is 0. The lowest BCUT2D eigenvalue weighted by Crippen LogP contribution is -2.32. The van der Waals surface area contributed by atoms with Gasteiger partial charge in [0.15, 0.2) is 0 Å². The van der Waals surface area contributed by atoms with Gasteiger partial charge in [0.05, 0.1) is 0 Å². The van der Waals surface area contributed by atoms with Gasteiger partial charge >= 0.3 is 0 Å². The molecule has 0 aliphatic rings. The standard InChI is InChI=1S/C12H18BrNO2/c1-7-4-5-8(13)9(10(7)16)11(14)12(2,3)6-15/h4-5,11,15-16H,6,14H2,1-3H3/t11-/m0/s1. The molecule has 0 saturated heterocycles. The lowest BCUT2D eigenvalue weighted by atomic mass is 9.81. The summed E-state index contributed by atoms with van der Waals surface area (Å²) in [5, 5.41) is 19.3. The molecule has 0 aliphatic heterocycles. The third-order valence-electron chi connectivity index (χ3n) is 2.93. The number of phenolic OH excluding ortho intramolecular Hbond substituents is 1. The molecule has 0 radical (unpaired) electrons. The van der Waals surface area contributed by atoms with Gasteiger partial charge < -0.3 is 15.9 Å². The van der Waals surface area contributed by atoms with Crippen LogP contribution in [0.3, 0.4) is 0 Å². The molecule has 0 unspecified atom stereocenters. The van der Waals surface area contributed by atoms with Gasteiger partial charge in [-0.3, -0.25) is 0 Å². The Labute approximate surface area is 104 Å². The topological polar surface area (TPSA) is 66.5 Å².